The smallest absolute Gasteiger partial charge is 0.434 e. The van der Waals surface area contributed by atoms with Gasteiger partial charge in [0.1, 0.15) is 12.2 Å². The molecular weight excluding hydrogens is 327 g/mol. The fourth-order valence-electron chi connectivity index (χ4n) is 1.90. The summed E-state index contributed by atoms with van der Waals surface area (Å²) in [6.07, 6.45) is -1.32. The van der Waals surface area contributed by atoms with Crippen molar-refractivity contribution in [1.82, 2.24) is 0 Å². The first-order chi connectivity index (χ1) is 10.8. The monoisotopic (exact) mass is 342 g/mol. The molecule has 0 aliphatic rings. The standard InChI is InChI=1S/C14H15O8P/c15-13-8-10(11-4-1-2-5-12(11)22-13)9-21-14(16)20-6-3-7-23(17,18)19/h1-2,4-5,8H,3,6-7,9H2,(H2,17,18,19). The molecule has 1 aromatic carbocycles. The Balaban J connectivity index is 1.90. The first-order valence-electron chi connectivity index (χ1n) is 6.71. The highest BCUT2D eigenvalue weighted by Crippen LogP contribution is 2.34. The number of rotatable bonds is 6. The van der Waals surface area contributed by atoms with Gasteiger partial charge in [0.2, 0.25) is 0 Å². The van der Waals surface area contributed by atoms with E-state index in [1.54, 1.807) is 24.3 Å². The first-order valence-corrected chi connectivity index (χ1v) is 8.51. The number of fused-ring (bicyclic) bond motifs is 1. The van der Waals surface area contributed by atoms with Gasteiger partial charge < -0.3 is 23.7 Å². The highest BCUT2D eigenvalue weighted by molar-refractivity contribution is 7.51. The van der Waals surface area contributed by atoms with Gasteiger partial charge in [-0.15, -0.1) is 0 Å². The van der Waals surface area contributed by atoms with Gasteiger partial charge in [-0.25, -0.2) is 9.59 Å². The van der Waals surface area contributed by atoms with Crippen LogP contribution in [0, 0.1) is 0 Å². The molecule has 0 saturated heterocycles. The van der Waals surface area contributed by atoms with Crippen LogP contribution in [0.3, 0.4) is 0 Å². The number of ether oxygens (including phenoxy) is 2. The lowest BCUT2D eigenvalue weighted by Gasteiger charge is -2.08. The van der Waals surface area contributed by atoms with Crippen molar-refractivity contribution in [1.29, 1.82) is 0 Å². The normalized spacial score (nSPS) is 11.4. The number of para-hydroxylation sites is 1. The van der Waals surface area contributed by atoms with E-state index in [-0.39, 0.29) is 25.8 Å². The molecular formula is C14H15O8P. The molecule has 1 heterocycles. The molecule has 0 aliphatic heterocycles. The number of carbonyl (C=O) groups excluding carboxylic acids is 1. The highest BCUT2D eigenvalue weighted by atomic mass is 31.2. The zero-order valence-electron chi connectivity index (χ0n) is 12.0. The summed E-state index contributed by atoms with van der Waals surface area (Å²) in [5.41, 5.74) is 0.301. The third kappa shape index (κ3) is 5.52. The van der Waals surface area contributed by atoms with Crippen LogP contribution in [0.25, 0.3) is 11.0 Å². The average Bonchev–Trinajstić information content (AvgIpc) is 2.48. The summed E-state index contributed by atoms with van der Waals surface area (Å²) in [6, 6.07) is 8.05. The third-order valence-corrected chi connectivity index (χ3v) is 3.79. The summed E-state index contributed by atoms with van der Waals surface area (Å²) < 4.78 is 25.2. The maximum absolute atomic E-state index is 11.4. The lowest BCUT2D eigenvalue weighted by atomic mass is 10.1. The van der Waals surface area contributed by atoms with Crippen LogP contribution in [-0.2, 0) is 20.6 Å². The van der Waals surface area contributed by atoms with Gasteiger partial charge in [0.05, 0.1) is 12.8 Å². The molecule has 2 rings (SSSR count). The molecule has 0 atom stereocenters. The maximum Gasteiger partial charge on any atom is 0.508 e. The van der Waals surface area contributed by atoms with E-state index in [4.69, 9.17) is 23.7 Å². The van der Waals surface area contributed by atoms with Crippen molar-refractivity contribution < 1.29 is 33.0 Å². The number of hydrogen-bond acceptors (Lipinski definition) is 6. The SMILES string of the molecule is O=C(OCCCP(=O)(O)O)OCc1cc(=O)oc2ccccc12. The van der Waals surface area contributed by atoms with Crippen molar-refractivity contribution in [2.75, 3.05) is 12.8 Å². The van der Waals surface area contributed by atoms with Crippen LogP contribution in [0.15, 0.2) is 39.5 Å². The molecule has 2 aromatic rings. The summed E-state index contributed by atoms with van der Waals surface area (Å²) in [4.78, 5) is 40.2. The molecule has 0 bridgehead atoms. The van der Waals surface area contributed by atoms with Crippen LogP contribution in [0.2, 0.25) is 0 Å². The molecule has 0 saturated carbocycles. The minimum absolute atomic E-state index is 0.0250. The molecule has 23 heavy (non-hydrogen) atoms. The van der Waals surface area contributed by atoms with E-state index in [9.17, 15) is 14.2 Å². The Hall–Kier alpha value is -2.15. The highest BCUT2D eigenvalue weighted by Gasteiger charge is 2.13. The van der Waals surface area contributed by atoms with Gasteiger partial charge in [-0.05, 0) is 12.5 Å². The lowest BCUT2D eigenvalue weighted by Crippen LogP contribution is -2.10. The molecule has 0 spiro atoms. The number of hydrogen-bond donors (Lipinski definition) is 2. The predicted molar refractivity (Wildman–Crippen MR) is 80.1 cm³/mol. The van der Waals surface area contributed by atoms with Crippen molar-refractivity contribution in [3.8, 4) is 0 Å². The number of carbonyl (C=O) groups is 1. The fourth-order valence-corrected chi connectivity index (χ4v) is 2.44. The largest absolute Gasteiger partial charge is 0.508 e. The second-order valence-electron chi connectivity index (χ2n) is 4.72. The summed E-state index contributed by atoms with van der Waals surface area (Å²) in [7, 11) is -4.10. The summed E-state index contributed by atoms with van der Waals surface area (Å²) in [6.45, 7) is -0.342. The minimum atomic E-state index is -4.10. The average molecular weight is 342 g/mol. The van der Waals surface area contributed by atoms with E-state index in [0.717, 1.165) is 0 Å². The predicted octanol–water partition coefficient (Wildman–Crippen LogP) is 2.01. The fraction of sp³-hybridized carbons (Fsp3) is 0.286. The Kier molecular flexibility index (Phi) is 5.54. The van der Waals surface area contributed by atoms with Gasteiger partial charge in [-0.2, -0.15) is 0 Å². The second kappa shape index (κ2) is 7.41. The molecule has 124 valence electrons. The maximum atomic E-state index is 11.4. The van der Waals surface area contributed by atoms with Gasteiger partial charge in [-0.1, -0.05) is 18.2 Å². The van der Waals surface area contributed by atoms with Crippen LogP contribution >= 0.6 is 7.60 Å². The first kappa shape index (κ1) is 17.2. The van der Waals surface area contributed by atoms with E-state index < -0.39 is 19.4 Å². The van der Waals surface area contributed by atoms with E-state index in [2.05, 4.69) is 0 Å². The summed E-state index contributed by atoms with van der Waals surface area (Å²) in [5, 5.41) is 0.640. The molecule has 9 heteroatoms. The van der Waals surface area contributed by atoms with Crippen LogP contribution < -0.4 is 5.63 Å². The van der Waals surface area contributed by atoms with Gasteiger partial charge >= 0.3 is 19.4 Å². The van der Waals surface area contributed by atoms with Crippen molar-refractivity contribution in [2.45, 2.75) is 13.0 Å². The van der Waals surface area contributed by atoms with E-state index in [0.29, 0.717) is 16.5 Å². The Morgan fingerprint density at radius 2 is 1.96 bits per heavy atom. The molecule has 0 radical (unpaired) electrons. The summed E-state index contributed by atoms with van der Waals surface area (Å²) in [5.74, 6) is 0. The second-order valence-corrected chi connectivity index (χ2v) is 6.49. The third-order valence-electron chi connectivity index (χ3n) is 2.89. The van der Waals surface area contributed by atoms with Crippen molar-refractivity contribution in [2.24, 2.45) is 0 Å². The Bertz CT molecular complexity index is 791. The molecule has 0 unspecified atom stereocenters. The Morgan fingerprint density at radius 1 is 1.22 bits per heavy atom. The van der Waals surface area contributed by atoms with Gasteiger partial charge in [0.25, 0.3) is 0 Å². The van der Waals surface area contributed by atoms with Crippen molar-refractivity contribution in [3.63, 3.8) is 0 Å². The number of benzene rings is 1. The lowest BCUT2D eigenvalue weighted by molar-refractivity contribution is 0.0500. The van der Waals surface area contributed by atoms with Crippen LogP contribution in [0.4, 0.5) is 4.79 Å². The Labute approximate surface area is 130 Å². The van der Waals surface area contributed by atoms with E-state index in [1.807, 2.05) is 0 Å². The Morgan fingerprint density at radius 3 is 2.70 bits per heavy atom. The van der Waals surface area contributed by atoms with E-state index >= 15 is 0 Å². The van der Waals surface area contributed by atoms with E-state index in [1.165, 1.54) is 6.07 Å². The molecule has 0 amide bonds. The van der Waals surface area contributed by atoms with Gasteiger partial charge in [0, 0.05) is 17.0 Å². The zero-order chi connectivity index (χ0) is 16.9. The van der Waals surface area contributed by atoms with Crippen LogP contribution in [0.1, 0.15) is 12.0 Å². The molecule has 1 aromatic heterocycles. The van der Waals surface area contributed by atoms with Crippen LogP contribution in [0.5, 0.6) is 0 Å². The molecule has 8 nitrogen and oxygen atoms in total. The van der Waals surface area contributed by atoms with Gasteiger partial charge in [0.15, 0.2) is 0 Å². The van der Waals surface area contributed by atoms with Gasteiger partial charge in [-0.3, -0.25) is 4.57 Å². The molecule has 2 N–H and O–H groups in total. The zero-order valence-corrected chi connectivity index (χ0v) is 12.9. The molecule has 0 fully saturated rings. The topological polar surface area (TPSA) is 123 Å². The van der Waals surface area contributed by atoms with Crippen molar-refractivity contribution >= 4 is 24.7 Å². The summed E-state index contributed by atoms with van der Waals surface area (Å²) >= 11 is 0. The minimum Gasteiger partial charge on any atom is -0.434 e. The van der Waals surface area contributed by atoms with Crippen LogP contribution in [-0.4, -0.2) is 28.7 Å². The quantitative estimate of drug-likeness (QED) is 0.354. The molecule has 0 aliphatic carbocycles. The van der Waals surface area contributed by atoms with Crippen molar-refractivity contribution in [3.05, 3.63) is 46.3 Å².